The molecule has 2 saturated heterocycles. The van der Waals surface area contributed by atoms with Crippen molar-refractivity contribution in [3.05, 3.63) is 0 Å². The molecule has 2 aliphatic rings. The molecule has 2 atom stereocenters. The lowest BCUT2D eigenvalue weighted by atomic mass is 10.1. The van der Waals surface area contributed by atoms with Gasteiger partial charge in [0.1, 0.15) is 0 Å². The van der Waals surface area contributed by atoms with Crippen LogP contribution in [0.4, 0.5) is 0 Å². The molecule has 0 radical (unpaired) electrons. The maximum Gasteiger partial charge on any atom is 0.312 e. The van der Waals surface area contributed by atoms with Crippen LogP contribution in [0.1, 0.15) is 13.3 Å². The van der Waals surface area contributed by atoms with E-state index in [9.17, 15) is 9.59 Å². The number of piperazine rings is 1. The molecule has 0 saturated carbocycles. The third kappa shape index (κ3) is 2.64. The zero-order valence-electron chi connectivity index (χ0n) is 11.0. The van der Waals surface area contributed by atoms with Gasteiger partial charge < -0.3 is 19.9 Å². The Labute approximate surface area is 107 Å². The summed E-state index contributed by atoms with van der Waals surface area (Å²) < 4.78 is 5.43. The molecule has 2 amide bonds. The van der Waals surface area contributed by atoms with Gasteiger partial charge in [-0.3, -0.25) is 9.59 Å². The minimum atomic E-state index is -0.417. The minimum Gasteiger partial charge on any atom is -0.376 e. The van der Waals surface area contributed by atoms with Gasteiger partial charge in [0.15, 0.2) is 0 Å². The Morgan fingerprint density at radius 1 is 1.33 bits per heavy atom. The van der Waals surface area contributed by atoms with E-state index in [-0.39, 0.29) is 12.1 Å². The smallest absolute Gasteiger partial charge is 0.312 e. The molecule has 102 valence electrons. The summed E-state index contributed by atoms with van der Waals surface area (Å²) in [6.45, 7) is 5.32. The number of amides is 2. The number of nitrogens with zero attached hydrogens (tertiary/aromatic N) is 2. The quantitative estimate of drug-likeness (QED) is 0.614. The molecule has 2 heterocycles. The number of hydrogen-bond acceptors (Lipinski definition) is 4. The number of hydrogen-bond donors (Lipinski definition) is 1. The largest absolute Gasteiger partial charge is 0.376 e. The Bertz CT molecular complexity index is 329. The summed E-state index contributed by atoms with van der Waals surface area (Å²) >= 11 is 0. The molecule has 2 rings (SSSR count). The molecule has 2 unspecified atom stereocenters. The van der Waals surface area contributed by atoms with E-state index >= 15 is 0 Å². The number of rotatable bonds is 1. The molecule has 2 fully saturated rings. The standard InChI is InChI=1S/C12H21N3O3/c1-9-10(3-8-18-9)14(2)11(16)12(17)15-6-4-13-5-7-15/h9-10,13H,3-8H2,1-2H3. The molecule has 0 spiro atoms. The highest BCUT2D eigenvalue weighted by Gasteiger charge is 2.35. The van der Waals surface area contributed by atoms with Crippen molar-refractivity contribution in [3.8, 4) is 0 Å². The predicted octanol–water partition coefficient (Wildman–Crippen LogP) is -0.946. The maximum absolute atomic E-state index is 12.1. The Morgan fingerprint density at radius 3 is 2.56 bits per heavy atom. The van der Waals surface area contributed by atoms with Crippen molar-refractivity contribution < 1.29 is 14.3 Å². The molecule has 6 heteroatoms. The number of likely N-dealkylation sites (N-methyl/N-ethyl adjacent to an activating group) is 1. The van der Waals surface area contributed by atoms with Crippen LogP contribution in [0.15, 0.2) is 0 Å². The van der Waals surface area contributed by atoms with Crippen molar-refractivity contribution >= 4 is 11.8 Å². The van der Waals surface area contributed by atoms with Crippen LogP contribution in [-0.4, -0.2) is 73.6 Å². The Kier molecular flexibility index (Phi) is 4.19. The van der Waals surface area contributed by atoms with E-state index in [4.69, 9.17) is 4.74 Å². The fourth-order valence-corrected chi connectivity index (χ4v) is 2.53. The van der Waals surface area contributed by atoms with E-state index in [0.717, 1.165) is 19.5 Å². The van der Waals surface area contributed by atoms with Gasteiger partial charge in [0.2, 0.25) is 0 Å². The van der Waals surface area contributed by atoms with E-state index in [0.29, 0.717) is 19.7 Å². The highest BCUT2D eigenvalue weighted by molar-refractivity contribution is 6.34. The number of carbonyl (C=O) groups is 2. The van der Waals surface area contributed by atoms with Crippen molar-refractivity contribution in [2.75, 3.05) is 39.8 Å². The van der Waals surface area contributed by atoms with Crippen molar-refractivity contribution in [2.45, 2.75) is 25.5 Å². The fraction of sp³-hybridized carbons (Fsp3) is 0.833. The molecule has 0 aliphatic carbocycles. The Balaban J connectivity index is 1.94. The second-order valence-electron chi connectivity index (χ2n) is 4.89. The third-order valence-corrected chi connectivity index (χ3v) is 3.74. The SMILES string of the molecule is CC1OCCC1N(C)C(=O)C(=O)N1CCNCC1. The first-order chi connectivity index (χ1) is 8.61. The Morgan fingerprint density at radius 2 is 2.00 bits per heavy atom. The van der Waals surface area contributed by atoms with Crippen LogP contribution in [0, 0.1) is 0 Å². The van der Waals surface area contributed by atoms with Crippen LogP contribution in [0.5, 0.6) is 0 Å². The summed E-state index contributed by atoms with van der Waals surface area (Å²) in [5.41, 5.74) is 0. The van der Waals surface area contributed by atoms with Crippen LogP contribution in [-0.2, 0) is 14.3 Å². The average Bonchev–Trinajstić information content (AvgIpc) is 2.83. The van der Waals surface area contributed by atoms with Crippen LogP contribution in [0.25, 0.3) is 0 Å². The zero-order chi connectivity index (χ0) is 13.1. The van der Waals surface area contributed by atoms with Crippen molar-refractivity contribution in [3.63, 3.8) is 0 Å². The topological polar surface area (TPSA) is 61.9 Å². The molecule has 0 bridgehead atoms. The van der Waals surface area contributed by atoms with Gasteiger partial charge in [0, 0.05) is 39.8 Å². The van der Waals surface area contributed by atoms with Crippen LogP contribution < -0.4 is 5.32 Å². The average molecular weight is 255 g/mol. The number of carbonyl (C=O) groups excluding carboxylic acids is 2. The first kappa shape index (κ1) is 13.3. The molecule has 0 aromatic heterocycles. The molecule has 2 aliphatic heterocycles. The first-order valence-electron chi connectivity index (χ1n) is 6.49. The number of ether oxygens (including phenoxy) is 1. The molecule has 0 aromatic carbocycles. The van der Waals surface area contributed by atoms with Crippen molar-refractivity contribution in [1.82, 2.24) is 15.1 Å². The summed E-state index contributed by atoms with van der Waals surface area (Å²) in [6.07, 6.45) is 0.813. The summed E-state index contributed by atoms with van der Waals surface area (Å²) in [6, 6.07) is 0.0179. The second kappa shape index (κ2) is 5.67. The van der Waals surface area contributed by atoms with Crippen molar-refractivity contribution in [2.24, 2.45) is 0 Å². The zero-order valence-corrected chi connectivity index (χ0v) is 11.0. The highest BCUT2D eigenvalue weighted by atomic mass is 16.5. The van der Waals surface area contributed by atoms with Crippen molar-refractivity contribution in [1.29, 1.82) is 0 Å². The molecule has 0 aromatic rings. The van der Waals surface area contributed by atoms with Gasteiger partial charge in [-0.25, -0.2) is 0 Å². The van der Waals surface area contributed by atoms with Crippen LogP contribution >= 0.6 is 0 Å². The predicted molar refractivity (Wildman–Crippen MR) is 66.0 cm³/mol. The van der Waals surface area contributed by atoms with Gasteiger partial charge in [-0.15, -0.1) is 0 Å². The van der Waals surface area contributed by atoms with Gasteiger partial charge in [-0.1, -0.05) is 0 Å². The molecular weight excluding hydrogens is 234 g/mol. The normalized spacial score (nSPS) is 28.2. The molecule has 6 nitrogen and oxygen atoms in total. The second-order valence-corrected chi connectivity index (χ2v) is 4.89. The van der Waals surface area contributed by atoms with E-state index in [2.05, 4.69) is 5.32 Å². The van der Waals surface area contributed by atoms with Gasteiger partial charge >= 0.3 is 11.8 Å². The minimum absolute atomic E-state index is 0.00905. The first-order valence-corrected chi connectivity index (χ1v) is 6.49. The van der Waals surface area contributed by atoms with Crippen LogP contribution in [0.2, 0.25) is 0 Å². The van der Waals surface area contributed by atoms with E-state index in [1.807, 2.05) is 6.92 Å². The van der Waals surface area contributed by atoms with E-state index in [1.54, 1.807) is 16.8 Å². The van der Waals surface area contributed by atoms with Gasteiger partial charge in [-0.05, 0) is 13.3 Å². The summed E-state index contributed by atoms with van der Waals surface area (Å²) in [7, 11) is 1.69. The van der Waals surface area contributed by atoms with Gasteiger partial charge in [-0.2, -0.15) is 0 Å². The maximum atomic E-state index is 12.1. The summed E-state index contributed by atoms with van der Waals surface area (Å²) in [4.78, 5) is 27.4. The number of nitrogens with one attached hydrogen (secondary N) is 1. The Hall–Kier alpha value is -1.14. The lowest BCUT2D eigenvalue weighted by Crippen LogP contribution is -2.53. The van der Waals surface area contributed by atoms with Gasteiger partial charge in [0.25, 0.3) is 0 Å². The third-order valence-electron chi connectivity index (χ3n) is 3.74. The lowest BCUT2D eigenvalue weighted by molar-refractivity contribution is -0.153. The highest BCUT2D eigenvalue weighted by Crippen LogP contribution is 2.18. The molecular formula is C12H21N3O3. The van der Waals surface area contributed by atoms with E-state index in [1.165, 1.54) is 0 Å². The fourth-order valence-electron chi connectivity index (χ4n) is 2.53. The lowest BCUT2D eigenvalue weighted by Gasteiger charge is -2.31. The summed E-state index contributed by atoms with van der Waals surface area (Å²) in [5, 5.41) is 3.16. The van der Waals surface area contributed by atoms with Crippen LogP contribution in [0.3, 0.4) is 0 Å². The summed E-state index contributed by atoms with van der Waals surface area (Å²) in [5.74, 6) is -0.808. The van der Waals surface area contributed by atoms with Gasteiger partial charge in [0.05, 0.1) is 12.1 Å². The van der Waals surface area contributed by atoms with E-state index < -0.39 is 11.8 Å². The monoisotopic (exact) mass is 255 g/mol. The molecule has 1 N–H and O–H groups in total. The molecule has 18 heavy (non-hydrogen) atoms.